The number of alkyl halides is 4. The lowest BCUT2D eigenvalue weighted by molar-refractivity contribution is -0.138. The molecule has 3 aromatic heterocycles. The monoisotopic (exact) mass is 784 g/mol. The second-order valence-electron chi connectivity index (χ2n) is 13.9. The number of anilines is 3. The molecule has 4 N–H and O–H groups in total. The molecular formula is C37H34F6N8O3S. The molecular weight excluding hydrogens is 751 g/mol. The zero-order valence-electron chi connectivity index (χ0n) is 29.4. The molecule has 3 aliphatic rings. The third-order valence-corrected chi connectivity index (χ3v) is 11.8. The maximum atomic E-state index is 17.5. The zero-order valence-corrected chi connectivity index (χ0v) is 30.2. The molecule has 0 amide bonds. The molecule has 288 valence electrons. The molecule has 8 rings (SSSR count). The molecule has 3 aliphatic heterocycles. The summed E-state index contributed by atoms with van der Waals surface area (Å²) in [6, 6.07) is 6.02. The van der Waals surface area contributed by atoms with E-state index in [-0.39, 0.29) is 84.0 Å². The lowest BCUT2D eigenvalue weighted by Crippen LogP contribution is -2.43. The molecule has 2 aromatic carbocycles. The number of fused-ring (bicyclic) bond motifs is 2. The van der Waals surface area contributed by atoms with Crippen LogP contribution in [0.3, 0.4) is 0 Å². The number of nitrogen functional groups attached to an aromatic ring is 2. The average molecular weight is 785 g/mol. The molecule has 0 saturated carbocycles. The molecule has 11 nitrogen and oxygen atoms in total. The minimum absolute atomic E-state index is 0.0567. The Bertz CT molecular complexity index is 2370. The molecule has 2 fully saturated rings. The van der Waals surface area contributed by atoms with Crippen molar-refractivity contribution in [2.24, 2.45) is 0 Å². The fourth-order valence-electron chi connectivity index (χ4n) is 8.44. The van der Waals surface area contributed by atoms with Crippen LogP contribution in [-0.2, 0) is 10.9 Å². The molecule has 0 radical (unpaired) electrons. The highest BCUT2D eigenvalue weighted by Gasteiger charge is 2.50. The Balaban J connectivity index is 1.42. The van der Waals surface area contributed by atoms with Gasteiger partial charge in [-0.3, -0.25) is 4.90 Å². The van der Waals surface area contributed by atoms with Gasteiger partial charge in [-0.05, 0) is 43.5 Å². The molecule has 2 saturated heterocycles. The Labute approximate surface area is 314 Å². The van der Waals surface area contributed by atoms with Crippen molar-refractivity contribution >= 4 is 49.0 Å². The maximum Gasteiger partial charge on any atom is 0.420 e. The van der Waals surface area contributed by atoms with Crippen molar-refractivity contribution in [3.63, 3.8) is 0 Å². The van der Waals surface area contributed by atoms with E-state index >= 15 is 22.0 Å². The molecule has 6 heterocycles. The Morgan fingerprint density at radius 2 is 1.98 bits per heavy atom. The quantitative estimate of drug-likeness (QED) is 0.147. The highest BCUT2D eigenvalue weighted by atomic mass is 32.1. The molecule has 0 aliphatic carbocycles. The second kappa shape index (κ2) is 13.9. The van der Waals surface area contributed by atoms with E-state index in [0.717, 1.165) is 18.6 Å². The van der Waals surface area contributed by atoms with Crippen molar-refractivity contribution in [3.8, 4) is 29.0 Å². The van der Waals surface area contributed by atoms with E-state index in [9.17, 15) is 9.65 Å². The summed E-state index contributed by atoms with van der Waals surface area (Å²) in [7, 11) is 1.49. The third kappa shape index (κ3) is 6.08. The van der Waals surface area contributed by atoms with E-state index < -0.39 is 68.9 Å². The molecule has 3 atom stereocenters. The number of thiophene rings is 1. The molecule has 0 bridgehead atoms. The first-order chi connectivity index (χ1) is 26.4. The minimum Gasteiger partial charge on any atom is -0.490 e. The van der Waals surface area contributed by atoms with Crippen LogP contribution in [0.15, 0.2) is 30.5 Å². The van der Waals surface area contributed by atoms with Crippen LogP contribution in [0.4, 0.5) is 43.0 Å². The van der Waals surface area contributed by atoms with Gasteiger partial charge in [0, 0.05) is 49.4 Å². The number of hydrogen-bond acceptors (Lipinski definition) is 12. The van der Waals surface area contributed by atoms with Gasteiger partial charge in [-0.2, -0.15) is 28.4 Å². The predicted octanol–water partition coefficient (Wildman–Crippen LogP) is 7.17. The van der Waals surface area contributed by atoms with Crippen molar-refractivity contribution in [1.29, 1.82) is 5.26 Å². The van der Waals surface area contributed by atoms with Crippen LogP contribution in [0.2, 0.25) is 0 Å². The largest absolute Gasteiger partial charge is 0.490 e. The van der Waals surface area contributed by atoms with Crippen LogP contribution in [0.25, 0.3) is 32.1 Å². The van der Waals surface area contributed by atoms with E-state index in [1.807, 2.05) is 11.0 Å². The fraction of sp³-hybridized carbons (Fsp3) is 0.405. The second-order valence-corrected chi connectivity index (χ2v) is 14.9. The van der Waals surface area contributed by atoms with Gasteiger partial charge in [-0.25, -0.2) is 18.2 Å². The van der Waals surface area contributed by atoms with Crippen LogP contribution in [0.1, 0.15) is 48.4 Å². The van der Waals surface area contributed by atoms with Crippen LogP contribution in [0, 0.1) is 23.0 Å². The van der Waals surface area contributed by atoms with Gasteiger partial charge in [0.15, 0.2) is 5.82 Å². The molecule has 18 heteroatoms. The van der Waals surface area contributed by atoms with E-state index in [2.05, 4.69) is 15.0 Å². The van der Waals surface area contributed by atoms with Crippen molar-refractivity contribution in [2.45, 2.75) is 49.6 Å². The summed E-state index contributed by atoms with van der Waals surface area (Å²) in [6.07, 6.45) is -2.93. The molecule has 55 heavy (non-hydrogen) atoms. The van der Waals surface area contributed by atoms with Gasteiger partial charge >= 0.3 is 12.2 Å². The summed E-state index contributed by atoms with van der Waals surface area (Å²) in [5.41, 5.74) is 8.38. The van der Waals surface area contributed by atoms with E-state index in [4.69, 9.17) is 25.7 Å². The first kappa shape index (κ1) is 36.8. The Morgan fingerprint density at radius 1 is 1.16 bits per heavy atom. The summed E-state index contributed by atoms with van der Waals surface area (Å²) in [6.45, 7) is 0.644. The number of hydrogen-bond donors (Lipinski definition) is 2. The molecule has 5 aromatic rings. The number of pyridine rings is 1. The maximum absolute atomic E-state index is 17.5. The minimum atomic E-state index is -5.25. The van der Waals surface area contributed by atoms with E-state index in [1.165, 1.54) is 13.3 Å². The predicted molar refractivity (Wildman–Crippen MR) is 194 cm³/mol. The van der Waals surface area contributed by atoms with Crippen LogP contribution in [0.5, 0.6) is 11.8 Å². The van der Waals surface area contributed by atoms with Gasteiger partial charge in [0.2, 0.25) is 0 Å². The average Bonchev–Trinajstić information content (AvgIpc) is 3.75. The number of halogens is 6. The summed E-state index contributed by atoms with van der Waals surface area (Å²) >= 11 is 0.662. The van der Waals surface area contributed by atoms with Crippen LogP contribution >= 0.6 is 11.3 Å². The first-order valence-corrected chi connectivity index (χ1v) is 18.3. The summed E-state index contributed by atoms with van der Waals surface area (Å²) in [5, 5.41) is 9.14. The van der Waals surface area contributed by atoms with Gasteiger partial charge in [0.25, 0.3) is 0 Å². The standard InChI is InChI=1S/C37H34F6N8O3S/c1-52-12-7-23(19-4-2-9-47-32(19)45)51-11-13-53-30-26-29(48-35(49-34(26)51)54-17-36-8-3-10-50(36)16-18(38)14-36)28(40)25(27(30)37(41,42)43)20-5-6-22(39)31-24(20)21(15-44)33(46)55-31/h2,4-6,9,18,23H,3,7-8,10-14,16-17,46H2,1H3,(H2,45,47)/t18-,23-,36+/m1/s1. The van der Waals surface area contributed by atoms with Gasteiger partial charge in [0.1, 0.15) is 64.7 Å². The van der Waals surface area contributed by atoms with Gasteiger partial charge in [0.05, 0.1) is 33.8 Å². The number of aromatic nitrogens is 3. The third-order valence-electron chi connectivity index (χ3n) is 10.8. The lowest BCUT2D eigenvalue weighted by Gasteiger charge is -2.33. The number of methoxy groups -OCH3 is 1. The smallest absolute Gasteiger partial charge is 0.420 e. The van der Waals surface area contributed by atoms with E-state index in [1.54, 1.807) is 17.0 Å². The van der Waals surface area contributed by atoms with Gasteiger partial charge < -0.3 is 30.6 Å². The molecule has 0 spiro atoms. The summed E-state index contributed by atoms with van der Waals surface area (Å²) in [5.74, 6) is -3.03. The molecule has 0 unspecified atom stereocenters. The number of nitrogens with two attached hydrogens (primary N) is 2. The summed E-state index contributed by atoms with van der Waals surface area (Å²) in [4.78, 5) is 16.9. The Morgan fingerprint density at radius 3 is 2.73 bits per heavy atom. The number of benzene rings is 2. The number of ether oxygens (including phenoxy) is 3. The topological polar surface area (TPSA) is 149 Å². The zero-order chi connectivity index (χ0) is 38.8. The number of nitriles is 1. The summed E-state index contributed by atoms with van der Waals surface area (Å²) < 4.78 is 111. The first-order valence-electron chi connectivity index (χ1n) is 17.5. The SMILES string of the molecule is COCC[C@H](c1cccnc1N)N1CCOc2c(C(F)(F)F)c(-c3ccc(F)c4sc(N)c(C#N)c34)c(F)c3nc(OC[C@@]45CCCN4C[C@H](F)C5)nc1c23. The van der Waals surface area contributed by atoms with Gasteiger partial charge in [-0.1, -0.05) is 12.1 Å². The fourth-order valence-corrected chi connectivity index (χ4v) is 9.39. The Hall–Kier alpha value is -5.12. The number of rotatable bonds is 9. The van der Waals surface area contributed by atoms with Crippen molar-refractivity contribution in [1.82, 2.24) is 19.9 Å². The van der Waals surface area contributed by atoms with Crippen LogP contribution in [-0.4, -0.2) is 78.1 Å². The van der Waals surface area contributed by atoms with Crippen molar-refractivity contribution in [2.75, 3.05) is 62.9 Å². The van der Waals surface area contributed by atoms with Crippen molar-refractivity contribution < 1.29 is 40.6 Å². The van der Waals surface area contributed by atoms with Crippen LogP contribution < -0.4 is 25.8 Å². The highest BCUT2D eigenvalue weighted by Crippen LogP contribution is 2.54. The lowest BCUT2D eigenvalue weighted by atomic mass is 9.91. The van der Waals surface area contributed by atoms with Crippen molar-refractivity contribution in [3.05, 3.63) is 58.8 Å². The van der Waals surface area contributed by atoms with Gasteiger partial charge in [-0.15, -0.1) is 11.3 Å². The van der Waals surface area contributed by atoms with E-state index in [0.29, 0.717) is 29.9 Å². The normalized spacial score (nSPS) is 20.4. The highest BCUT2D eigenvalue weighted by molar-refractivity contribution is 7.23. The Kier molecular flexibility index (Phi) is 9.29. The number of nitrogens with zero attached hydrogens (tertiary/aromatic N) is 6.